The van der Waals surface area contributed by atoms with E-state index in [1.807, 2.05) is 33.6 Å². The number of likely N-dealkylation sites (N-methyl/N-ethyl adjacent to an activating group) is 1. The first-order valence-electron chi connectivity index (χ1n) is 11.8. The van der Waals surface area contributed by atoms with E-state index in [9.17, 15) is 4.79 Å². The lowest BCUT2D eigenvalue weighted by Gasteiger charge is -2.29. The van der Waals surface area contributed by atoms with Crippen LogP contribution in [0, 0.1) is 6.92 Å². The summed E-state index contributed by atoms with van der Waals surface area (Å²) >= 11 is 0. The molecule has 4 aromatic rings. The number of anilines is 1. The Morgan fingerprint density at radius 2 is 2.00 bits per heavy atom. The first kappa shape index (κ1) is 21.6. The van der Waals surface area contributed by atoms with Crippen molar-refractivity contribution in [1.29, 1.82) is 0 Å². The van der Waals surface area contributed by atoms with E-state index in [2.05, 4.69) is 30.0 Å². The van der Waals surface area contributed by atoms with Crippen molar-refractivity contribution in [2.45, 2.75) is 19.5 Å². The van der Waals surface area contributed by atoms with E-state index in [4.69, 9.17) is 24.5 Å². The number of fused-ring (bicyclic) bond motifs is 1. The molecule has 6 rings (SSSR count). The summed E-state index contributed by atoms with van der Waals surface area (Å²) in [6.07, 6.45) is 3.43. The molecule has 2 fully saturated rings. The summed E-state index contributed by atoms with van der Waals surface area (Å²) in [5, 5.41) is 4.83. The van der Waals surface area contributed by atoms with Gasteiger partial charge in [0.25, 0.3) is 0 Å². The lowest BCUT2D eigenvalue weighted by Crippen LogP contribution is -2.36. The molecule has 3 aromatic heterocycles. The van der Waals surface area contributed by atoms with E-state index in [-0.39, 0.29) is 12.1 Å². The van der Waals surface area contributed by atoms with Gasteiger partial charge in [-0.2, -0.15) is 5.10 Å². The zero-order chi connectivity index (χ0) is 23.9. The van der Waals surface area contributed by atoms with Gasteiger partial charge in [0.2, 0.25) is 0 Å². The van der Waals surface area contributed by atoms with Gasteiger partial charge in [-0.25, -0.2) is 19.4 Å². The van der Waals surface area contributed by atoms with Gasteiger partial charge in [0, 0.05) is 44.5 Å². The molecule has 35 heavy (non-hydrogen) atoms. The minimum absolute atomic E-state index is 0.0742. The monoisotopic (exact) mass is 473 g/mol. The van der Waals surface area contributed by atoms with Gasteiger partial charge in [-0.3, -0.25) is 0 Å². The molecule has 0 aliphatic carbocycles. The van der Waals surface area contributed by atoms with Crippen LogP contribution < -0.4 is 4.90 Å². The number of carbonyl (C=O) groups excluding carboxylic acids is 1. The molecule has 0 unspecified atom stereocenters. The fraction of sp³-hybridized carbons (Fsp3) is 0.360. The predicted octanol–water partition coefficient (Wildman–Crippen LogP) is 2.88. The number of imidazole rings is 1. The standard InChI is InChI=1S/C25H27N7O3/c1-17-4-3-5-18(12-17)20-6-7-32(28-20)22-13-21(30-8-10-34-11-9-30)23-24(27-22)31(16-26-23)14-19-15-35-25(33)29(19)2/h3-7,12-13,16,19H,8-11,14-15H2,1-2H3/t19-/m0/s1. The fourth-order valence-electron chi connectivity index (χ4n) is 4.64. The zero-order valence-corrected chi connectivity index (χ0v) is 19.8. The summed E-state index contributed by atoms with van der Waals surface area (Å²) < 4.78 is 14.6. The Hall–Kier alpha value is -3.92. The van der Waals surface area contributed by atoms with Crippen LogP contribution in [0.3, 0.4) is 0 Å². The van der Waals surface area contributed by atoms with Crippen LogP contribution in [-0.4, -0.2) is 81.3 Å². The second kappa shape index (κ2) is 8.70. The molecule has 180 valence electrons. The van der Waals surface area contributed by atoms with E-state index < -0.39 is 0 Å². The maximum absolute atomic E-state index is 11.8. The largest absolute Gasteiger partial charge is 0.447 e. The second-order valence-corrected chi connectivity index (χ2v) is 9.02. The topological polar surface area (TPSA) is 90.5 Å². The van der Waals surface area contributed by atoms with Crippen molar-refractivity contribution in [3.8, 4) is 17.1 Å². The Labute approximate surface area is 202 Å². The highest BCUT2D eigenvalue weighted by Crippen LogP contribution is 2.29. The van der Waals surface area contributed by atoms with Gasteiger partial charge >= 0.3 is 6.09 Å². The molecule has 1 atom stereocenters. The van der Waals surface area contributed by atoms with Crippen molar-refractivity contribution in [3.63, 3.8) is 0 Å². The van der Waals surface area contributed by atoms with Gasteiger partial charge in [-0.15, -0.1) is 0 Å². The number of aromatic nitrogens is 5. The van der Waals surface area contributed by atoms with Crippen LogP contribution >= 0.6 is 0 Å². The summed E-state index contributed by atoms with van der Waals surface area (Å²) in [6.45, 7) is 5.89. The predicted molar refractivity (Wildman–Crippen MR) is 131 cm³/mol. The number of rotatable bonds is 5. The zero-order valence-electron chi connectivity index (χ0n) is 19.8. The highest BCUT2D eigenvalue weighted by Gasteiger charge is 2.30. The van der Waals surface area contributed by atoms with Crippen molar-refractivity contribution >= 4 is 22.9 Å². The molecule has 0 saturated carbocycles. The third kappa shape index (κ3) is 3.99. The smallest absolute Gasteiger partial charge is 0.410 e. The summed E-state index contributed by atoms with van der Waals surface area (Å²) in [7, 11) is 1.76. The average molecular weight is 474 g/mol. The second-order valence-electron chi connectivity index (χ2n) is 9.02. The van der Waals surface area contributed by atoms with Crippen molar-refractivity contribution in [3.05, 3.63) is 54.5 Å². The maximum Gasteiger partial charge on any atom is 0.410 e. The number of carbonyl (C=O) groups is 1. The third-order valence-corrected chi connectivity index (χ3v) is 6.67. The Morgan fingerprint density at radius 1 is 1.14 bits per heavy atom. The number of pyridine rings is 1. The molecule has 2 saturated heterocycles. The molecule has 5 heterocycles. The SMILES string of the molecule is Cc1cccc(-c2ccn(-c3cc(N4CCOCC4)c4ncn(C[C@H]5COC(=O)N5C)c4n3)n2)c1. The lowest BCUT2D eigenvalue weighted by atomic mass is 10.1. The van der Waals surface area contributed by atoms with Gasteiger partial charge in [0.15, 0.2) is 11.5 Å². The molecular weight excluding hydrogens is 446 g/mol. The molecule has 0 radical (unpaired) electrons. The minimum Gasteiger partial charge on any atom is -0.447 e. The first-order chi connectivity index (χ1) is 17.1. The molecule has 2 aliphatic rings. The summed E-state index contributed by atoms with van der Waals surface area (Å²) in [5.74, 6) is 0.715. The Balaban J connectivity index is 1.42. The third-order valence-electron chi connectivity index (χ3n) is 6.67. The summed E-state index contributed by atoms with van der Waals surface area (Å²) in [6, 6.07) is 12.3. The van der Waals surface area contributed by atoms with E-state index in [1.54, 1.807) is 18.3 Å². The number of morpholine rings is 1. The van der Waals surface area contributed by atoms with Crippen molar-refractivity contribution < 1.29 is 14.3 Å². The van der Waals surface area contributed by atoms with Crippen LogP contribution in [0.2, 0.25) is 0 Å². The van der Waals surface area contributed by atoms with Crippen LogP contribution in [-0.2, 0) is 16.0 Å². The molecule has 10 heteroatoms. The summed E-state index contributed by atoms with van der Waals surface area (Å²) in [5.41, 5.74) is 5.73. The molecule has 10 nitrogen and oxygen atoms in total. The number of hydrogen-bond acceptors (Lipinski definition) is 7. The number of cyclic esters (lactones) is 1. The van der Waals surface area contributed by atoms with Gasteiger partial charge in [-0.1, -0.05) is 23.8 Å². The van der Waals surface area contributed by atoms with Gasteiger partial charge < -0.3 is 23.8 Å². The van der Waals surface area contributed by atoms with E-state index in [0.717, 1.165) is 41.2 Å². The van der Waals surface area contributed by atoms with E-state index in [1.165, 1.54) is 5.56 Å². The molecule has 2 aliphatic heterocycles. The number of benzene rings is 1. The van der Waals surface area contributed by atoms with Crippen molar-refractivity contribution in [1.82, 2.24) is 29.2 Å². The van der Waals surface area contributed by atoms with Gasteiger partial charge in [0.1, 0.15) is 12.1 Å². The highest BCUT2D eigenvalue weighted by atomic mass is 16.6. The number of amides is 1. The maximum atomic E-state index is 11.8. The van der Waals surface area contributed by atoms with Crippen LogP contribution in [0.5, 0.6) is 0 Å². The van der Waals surface area contributed by atoms with E-state index in [0.29, 0.717) is 32.2 Å². The Bertz CT molecular complexity index is 1390. The van der Waals surface area contributed by atoms with Crippen LogP contribution in [0.25, 0.3) is 28.2 Å². The number of ether oxygens (including phenoxy) is 2. The quantitative estimate of drug-likeness (QED) is 0.440. The summed E-state index contributed by atoms with van der Waals surface area (Å²) in [4.78, 5) is 25.5. The fourth-order valence-corrected chi connectivity index (χ4v) is 4.64. The van der Waals surface area contributed by atoms with Gasteiger partial charge in [0.05, 0.1) is 37.0 Å². The van der Waals surface area contributed by atoms with Crippen LogP contribution in [0.15, 0.2) is 48.9 Å². The minimum atomic E-state index is -0.303. The number of hydrogen-bond donors (Lipinski definition) is 0. The molecule has 1 aromatic carbocycles. The lowest BCUT2D eigenvalue weighted by molar-refractivity contribution is 0.123. The van der Waals surface area contributed by atoms with Crippen molar-refractivity contribution in [2.75, 3.05) is 44.9 Å². The Kier molecular flexibility index (Phi) is 5.37. The van der Waals surface area contributed by atoms with E-state index >= 15 is 0 Å². The van der Waals surface area contributed by atoms with Crippen molar-refractivity contribution in [2.24, 2.45) is 0 Å². The molecular formula is C25H27N7O3. The number of nitrogens with zero attached hydrogens (tertiary/aromatic N) is 7. The van der Waals surface area contributed by atoms with Gasteiger partial charge in [-0.05, 0) is 19.1 Å². The molecule has 0 N–H and O–H groups in total. The van der Waals surface area contributed by atoms with Crippen LogP contribution in [0.1, 0.15) is 5.56 Å². The number of aryl methyl sites for hydroxylation is 1. The normalized spacial score (nSPS) is 18.5. The average Bonchev–Trinajstić information content (AvgIpc) is 3.60. The highest BCUT2D eigenvalue weighted by molar-refractivity contribution is 5.87. The first-order valence-corrected chi connectivity index (χ1v) is 11.8. The molecule has 0 bridgehead atoms. The van der Waals surface area contributed by atoms with Crippen LogP contribution in [0.4, 0.5) is 10.5 Å². The molecule has 1 amide bonds. The Morgan fingerprint density at radius 3 is 2.77 bits per heavy atom. The molecule has 0 spiro atoms.